The van der Waals surface area contributed by atoms with E-state index in [1.54, 1.807) is 0 Å². The SMILES string of the molecule is COC(=O)C(Nc1ccccc1C)c1nc(C)cs1. The molecule has 0 amide bonds. The molecule has 0 saturated carbocycles. The number of benzene rings is 1. The van der Waals surface area contributed by atoms with Crippen LogP contribution in [0.25, 0.3) is 0 Å². The highest BCUT2D eigenvalue weighted by Gasteiger charge is 2.24. The van der Waals surface area contributed by atoms with Crippen molar-refractivity contribution < 1.29 is 9.53 Å². The lowest BCUT2D eigenvalue weighted by molar-refractivity contribution is -0.141. The van der Waals surface area contributed by atoms with Crippen LogP contribution in [0.4, 0.5) is 5.69 Å². The quantitative estimate of drug-likeness (QED) is 0.872. The molecular formula is C14H16N2O2S. The van der Waals surface area contributed by atoms with E-state index in [0.29, 0.717) is 5.01 Å². The molecule has 4 nitrogen and oxygen atoms in total. The molecule has 2 aromatic rings. The fourth-order valence-electron chi connectivity index (χ4n) is 1.73. The van der Waals surface area contributed by atoms with Crippen molar-refractivity contribution in [1.82, 2.24) is 4.98 Å². The zero-order chi connectivity index (χ0) is 13.8. The fourth-order valence-corrected chi connectivity index (χ4v) is 2.57. The number of hydrogen-bond donors (Lipinski definition) is 1. The predicted molar refractivity (Wildman–Crippen MR) is 76.4 cm³/mol. The van der Waals surface area contributed by atoms with E-state index in [4.69, 9.17) is 4.74 Å². The van der Waals surface area contributed by atoms with Crippen molar-refractivity contribution in [3.05, 3.63) is 45.9 Å². The van der Waals surface area contributed by atoms with Gasteiger partial charge in [-0.15, -0.1) is 11.3 Å². The lowest BCUT2D eigenvalue weighted by Crippen LogP contribution is -2.22. The predicted octanol–water partition coefficient (Wildman–Crippen LogP) is 3.09. The number of rotatable bonds is 4. The van der Waals surface area contributed by atoms with Crippen LogP contribution in [0.3, 0.4) is 0 Å². The molecule has 100 valence electrons. The highest BCUT2D eigenvalue weighted by atomic mass is 32.1. The average molecular weight is 276 g/mol. The Kier molecular flexibility index (Phi) is 4.16. The number of carbonyl (C=O) groups is 1. The Morgan fingerprint density at radius 2 is 2.11 bits per heavy atom. The van der Waals surface area contributed by atoms with Crippen LogP contribution in [0.15, 0.2) is 29.6 Å². The maximum Gasteiger partial charge on any atom is 0.335 e. The summed E-state index contributed by atoms with van der Waals surface area (Å²) in [6, 6.07) is 7.25. The van der Waals surface area contributed by atoms with Gasteiger partial charge < -0.3 is 10.1 Å². The molecule has 0 aliphatic rings. The molecule has 5 heteroatoms. The summed E-state index contributed by atoms with van der Waals surface area (Å²) in [5.74, 6) is -0.336. The minimum Gasteiger partial charge on any atom is -0.467 e. The van der Waals surface area contributed by atoms with Gasteiger partial charge in [0.05, 0.1) is 7.11 Å². The first kappa shape index (κ1) is 13.5. The van der Waals surface area contributed by atoms with E-state index in [1.165, 1.54) is 18.4 Å². The second-order valence-corrected chi connectivity index (χ2v) is 5.13. The number of hydrogen-bond acceptors (Lipinski definition) is 5. The van der Waals surface area contributed by atoms with Crippen molar-refractivity contribution in [2.24, 2.45) is 0 Å². The number of nitrogens with one attached hydrogen (secondary N) is 1. The van der Waals surface area contributed by atoms with Gasteiger partial charge in [-0.1, -0.05) is 18.2 Å². The maximum absolute atomic E-state index is 11.9. The molecule has 1 aromatic carbocycles. The van der Waals surface area contributed by atoms with Gasteiger partial charge >= 0.3 is 5.97 Å². The van der Waals surface area contributed by atoms with Gasteiger partial charge in [-0.25, -0.2) is 9.78 Å². The summed E-state index contributed by atoms with van der Waals surface area (Å²) in [4.78, 5) is 16.3. The Labute approximate surface area is 116 Å². The largest absolute Gasteiger partial charge is 0.467 e. The number of ether oxygens (including phenoxy) is 1. The van der Waals surface area contributed by atoms with E-state index in [1.807, 2.05) is 43.5 Å². The minimum atomic E-state index is -0.565. The van der Waals surface area contributed by atoms with Crippen molar-refractivity contribution in [3.8, 4) is 0 Å². The van der Waals surface area contributed by atoms with E-state index in [-0.39, 0.29) is 5.97 Å². The Morgan fingerprint density at radius 1 is 1.37 bits per heavy atom. The standard InChI is InChI=1S/C14H16N2O2S/c1-9-6-4-5-7-11(9)16-12(14(17)18-3)13-15-10(2)8-19-13/h4-8,12,16H,1-3H3. The van der Waals surface area contributed by atoms with Gasteiger partial charge in [0.25, 0.3) is 0 Å². The van der Waals surface area contributed by atoms with Crippen LogP contribution in [-0.4, -0.2) is 18.1 Å². The van der Waals surface area contributed by atoms with Crippen LogP contribution < -0.4 is 5.32 Å². The second kappa shape index (κ2) is 5.84. The first-order valence-corrected chi connectivity index (χ1v) is 6.82. The number of esters is 1. The molecule has 0 radical (unpaired) electrons. The minimum absolute atomic E-state index is 0.336. The molecule has 1 N–H and O–H groups in total. The second-order valence-electron chi connectivity index (χ2n) is 4.24. The van der Waals surface area contributed by atoms with E-state index >= 15 is 0 Å². The molecule has 0 fully saturated rings. The molecule has 1 heterocycles. The lowest BCUT2D eigenvalue weighted by atomic mass is 10.2. The lowest BCUT2D eigenvalue weighted by Gasteiger charge is -2.17. The number of nitrogens with zero attached hydrogens (tertiary/aromatic N) is 1. The van der Waals surface area contributed by atoms with Crippen LogP contribution in [0.5, 0.6) is 0 Å². The van der Waals surface area contributed by atoms with Gasteiger partial charge in [0.15, 0.2) is 6.04 Å². The average Bonchev–Trinajstić information content (AvgIpc) is 2.83. The third-order valence-corrected chi connectivity index (χ3v) is 3.79. The first-order valence-electron chi connectivity index (χ1n) is 5.94. The normalized spacial score (nSPS) is 11.9. The number of carbonyl (C=O) groups excluding carboxylic acids is 1. The van der Waals surface area contributed by atoms with Crippen molar-refractivity contribution in [3.63, 3.8) is 0 Å². The molecule has 1 aromatic heterocycles. The molecule has 2 rings (SSSR count). The highest BCUT2D eigenvalue weighted by molar-refractivity contribution is 7.09. The Balaban J connectivity index is 2.29. The zero-order valence-corrected chi connectivity index (χ0v) is 12.0. The molecule has 19 heavy (non-hydrogen) atoms. The summed E-state index contributed by atoms with van der Waals surface area (Å²) in [5, 5.41) is 5.84. The maximum atomic E-state index is 11.9. The number of anilines is 1. The summed E-state index contributed by atoms with van der Waals surface area (Å²) in [7, 11) is 1.38. The van der Waals surface area contributed by atoms with E-state index in [9.17, 15) is 4.79 Å². The third-order valence-electron chi connectivity index (χ3n) is 2.77. The zero-order valence-electron chi connectivity index (χ0n) is 11.1. The van der Waals surface area contributed by atoms with Crippen molar-refractivity contribution >= 4 is 23.0 Å². The molecular weight excluding hydrogens is 260 g/mol. The topological polar surface area (TPSA) is 51.2 Å². The van der Waals surface area contributed by atoms with Crippen LogP contribution >= 0.6 is 11.3 Å². The summed E-state index contributed by atoms with van der Waals surface area (Å²) in [5.41, 5.74) is 2.89. The van der Waals surface area contributed by atoms with Crippen molar-refractivity contribution in [1.29, 1.82) is 0 Å². The van der Waals surface area contributed by atoms with Gasteiger partial charge in [-0.2, -0.15) is 0 Å². The number of aromatic nitrogens is 1. The summed E-state index contributed by atoms with van der Waals surface area (Å²) in [6.45, 7) is 3.89. The van der Waals surface area contributed by atoms with Gasteiger partial charge in [0.1, 0.15) is 5.01 Å². The number of thiazole rings is 1. The van der Waals surface area contributed by atoms with Crippen molar-refractivity contribution in [2.75, 3.05) is 12.4 Å². The molecule has 0 spiro atoms. The van der Waals surface area contributed by atoms with Crippen LogP contribution in [0.2, 0.25) is 0 Å². The monoisotopic (exact) mass is 276 g/mol. The Hall–Kier alpha value is -1.88. The van der Waals surface area contributed by atoms with E-state index < -0.39 is 6.04 Å². The van der Waals surface area contributed by atoms with E-state index in [0.717, 1.165) is 16.9 Å². The summed E-state index contributed by atoms with van der Waals surface area (Å²) >= 11 is 1.45. The van der Waals surface area contributed by atoms with Crippen molar-refractivity contribution in [2.45, 2.75) is 19.9 Å². The smallest absolute Gasteiger partial charge is 0.335 e. The molecule has 0 aliphatic heterocycles. The Morgan fingerprint density at radius 3 is 2.68 bits per heavy atom. The highest BCUT2D eigenvalue weighted by Crippen LogP contribution is 2.25. The number of methoxy groups -OCH3 is 1. The van der Waals surface area contributed by atoms with Gasteiger partial charge in [-0.05, 0) is 25.5 Å². The van der Waals surface area contributed by atoms with Crippen LogP contribution in [0, 0.1) is 13.8 Å². The summed E-state index contributed by atoms with van der Waals surface area (Å²) < 4.78 is 4.85. The third kappa shape index (κ3) is 3.12. The molecule has 1 unspecified atom stereocenters. The molecule has 0 bridgehead atoms. The molecule has 1 atom stereocenters. The van der Waals surface area contributed by atoms with Gasteiger partial charge in [0.2, 0.25) is 0 Å². The number of aryl methyl sites for hydroxylation is 2. The first-order chi connectivity index (χ1) is 9.11. The van der Waals surface area contributed by atoms with Crippen LogP contribution in [0.1, 0.15) is 22.3 Å². The summed E-state index contributed by atoms with van der Waals surface area (Å²) in [6.07, 6.45) is 0. The fraction of sp³-hybridized carbons (Fsp3) is 0.286. The number of para-hydroxylation sites is 1. The van der Waals surface area contributed by atoms with Crippen LogP contribution in [-0.2, 0) is 9.53 Å². The molecule has 0 saturated heterocycles. The Bertz CT molecular complexity index is 580. The molecule has 0 aliphatic carbocycles. The van der Waals surface area contributed by atoms with E-state index in [2.05, 4.69) is 10.3 Å². The van der Waals surface area contributed by atoms with Gasteiger partial charge in [0, 0.05) is 16.8 Å². The van der Waals surface area contributed by atoms with Gasteiger partial charge in [-0.3, -0.25) is 0 Å².